The van der Waals surface area contributed by atoms with E-state index in [1.807, 2.05) is 30.3 Å². The number of β-amino-alcohol motifs (C(OH)–C–C–N with tert-alkyl or cyclic N) is 1. The van der Waals surface area contributed by atoms with Gasteiger partial charge < -0.3 is 30.0 Å². The van der Waals surface area contributed by atoms with E-state index in [1.165, 1.54) is 4.90 Å². The second-order valence-electron chi connectivity index (χ2n) is 6.57. The number of aliphatic hydroxyl groups excluding tert-OH is 1. The SMILES string of the molecule is O=C(NCCCCCC(=O)N1C[C@H](O)C[C@@H]1C(=O)[O-])OCc1ccccc1.[K+]. The van der Waals surface area contributed by atoms with Gasteiger partial charge in [-0.15, -0.1) is 0 Å². The second-order valence-corrected chi connectivity index (χ2v) is 6.57. The number of nitrogens with zero attached hydrogens (tertiary/aromatic N) is 1. The predicted molar refractivity (Wildman–Crippen MR) is 94.2 cm³/mol. The fourth-order valence-electron chi connectivity index (χ4n) is 3.00. The molecule has 1 aliphatic heterocycles. The number of aliphatic hydroxyl groups is 1. The van der Waals surface area contributed by atoms with E-state index in [0.717, 1.165) is 5.56 Å². The number of benzene rings is 1. The summed E-state index contributed by atoms with van der Waals surface area (Å²) >= 11 is 0. The van der Waals surface area contributed by atoms with Crippen LogP contribution in [0.4, 0.5) is 4.79 Å². The van der Waals surface area contributed by atoms with E-state index in [0.29, 0.717) is 25.8 Å². The van der Waals surface area contributed by atoms with E-state index in [1.54, 1.807) is 0 Å². The number of unbranched alkanes of at least 4 members (excludes halogenated alkanes) is 2. The van der Waals surface area contributed by atoms with Crippen LogP contribution in [-0.2, 0) is 20.9 Å². The summed E-state index contributed by atoms with van der Waals surface area (Å²) in [5.74, 6) is -1.63. The third kappa shape index (κ3) is 8.58. The summed E-state index contributed by atoms with van der Waals surface area (Å²) in [7, 11) is 0. The fourth-order valence-corrected chi connectivity index (χ4v) is 3.00. The Morgan fingerprint density at radius 1 is 1.18 bits per heavy atom. The fraction of sp³-hybridized carbons (Fsp3) is 0.526. The van der Waals surface area contributed by atoms with E-state index >= 15 is 0 Å². The molecule has 2 N–H and O–H groups in total. The number of carboxylic acid groups (broad SMARTS) is 1. The molecule has 0 spiro atoms. The molecule has 1 heterocycles. The van der Waals surface area contributed by atoms with Crippen LogP contribution in [0.25, 0.3) is 0 Å². The normalized spacial score (nSPS) is 18.2. The van der Waals surface area contributed by atoms with Gasteiger partial charge >= 0.3 is 57.5 Å². The number of ether oxygens (including phenoxy) is 1. The van der Waals surface area contributed by atoms with Crippen LogP contribution >= 0.6 is 0 Å². The molecule has 1 fully saturated rings. The van der Waals surface area contributed by atoms with Crippen LogP contribution < -0.4 is 61.8 Å². The molecule has 0 radical (unpaired) electrons. The summed E-state index contributed by atoms with van der Waals surface area (Å²) in [4.78, 5) is 35.9. The van der Waals surface area contributed by atoms with Crippen molar-refractivity contribution in [2.24, 2.45) is 0 Å². The molecule has 2 rings (SSSR count). The number of hydrogen-bond donors (Lipinski definition) is 2. The smallest absolute Gasteiger partial charge is 0.548 e. The van der Waals surface area contributed by atoms with Crippen LogP contribution in [0.5, 0.6) is 0 Å². The molecule has 0 aromatic heterocycles. The zero-order chi connectivity index (χ0) is 19.6. The van der Waals surface area contributed by atoms with Crippen LogP contribution in [0.15, 0.2) is 30.3 Å². The number of likely N-dealkylation sites (tertiary alicyclic amines) is 1. The average Bonchev–Trinajstić information content (AvgIpc) is 3.06. The Balaban J connectivity index is 0.00000392. The van der Waals surface area contributed by atoms with Gasteiger partial charge in [-0.1, -0.05) is 36.8 Å². The minimum atomic E-state index is -1.34. The number of rotatable bonds is 9. The van der Waals surface area contributed by atoms with Crippen molar-refractivity contribution < 1.29 is 80.7 Å². The topological polar surface area (TPSA) is 119 Å². The number of hydrogen-bond acceptors (Lipinski definition) is 6. The molecule has 9 heteroatoms. The Hall–Kier alpha value is -0.974. The van der Waals surface area contributed by atoms with Crippen LogP contribution in [0, 0.1) is 0 Å². The first-order chi connectivity index (χ1) is 13.0. The first-order valence-corrected chi connectivity index (χ1v) is 9.10. The standard InChI is InChI=1S/C19H26N2O6.K/c22-15-11-16(18(24)25)21(12-15)17(23)9-5-2-6-10-20-19(26)27-13-14-7-3-1-4-8-14;/h1,3-4,7-8,15-16,22H,2,5-6,9-13H2,(H,20,26)(H,24,25);/q;+1/p-1/t15-,16-;/m1./s1. The molecule has 2 amide bonds. The molecule has 0 saturated carbocycles. The quantitative estimate of drug-likeness (QED) is 0.331. The predicted octanol–water partition coefficient (Wildman–Crippen LogP) is -2.81. The Kier molecular flexibility index (Phi) is 11.9. The van der Waals surface area contributed by atoms with E-state index < -0.39 is 24.2 Å². The number of carbonyl (C=O) groups is 3. The zero-order valence-electron chi connectivity index (χ0n) is 16.1. The van der Waals surface area contributed by atoms with Gasteiger partial charge in [-0.2, -0.15) is 0 Å². The van der Waals surface area contributed by atoms with E-state index in [4.69, 9.17) is 4.74 Å². The largest absolute Gasteiger partial charge is 1.00 e. The molecule has 2 atom stereocenters. The molecule has 0 aliphatic carbocycles. The van der Waals surface area contributed by atoms with E-state index in [9.17, 15) is 24.6 Å². The van der Waals surface area contributed by atoms with Gasteiger partial charge in [0.2, 0.25) is 5.91 Å². The van der Waals surface area contributed by atoms with E-state index in [-0.39, 0.29) is 83.3 Å². The Bertz CT molecular complexity index is 643. The van der Waals surface area contributed by atoms with Gasteiger partial charge in [0.1, 0.15) is 6.61 Å². The van der Waals surface area contributed by atoms with Crippen molar-refractivity contribution in [1.29, 1.82) is 0 Å². The third-order valence-electron chi connectivity index (χ3n) is 4.42. The number of amides is 2. The van der Waals surface area contributed by atoms with Gasteiger partial charge in [0, 0.05) is 25.9 Å². The van der Waals surface area contributed by atoms with Crippen molar-refractivity contribution in [3.8, 4) is 0 Å². The van der Waals surface area contributed by atoms with Gasteiger partial charge in [-0.3, -0.25) is 4.79 Å². The van der Waals surface area contributed by atoms with Gasteiger partial charge in [0.05, 0.1) is 18.1 Å². The summed E-state index contributed by atoms with van der Waals surface area (Å²) in [5.41, 5.74) is 0.910. The molecule has 28 heavy (non-hydrogen) atoms. The average molecular weight is 417 g/mol. The summed E-state index contributed by atoms with van der Waals surface area (Å²) < 4.78 is 5.09. The molecule has 1 aliphatic rings. The molecule has 8 nitrogen and oxygen atoms in total. The van der Waals surface area contributed by atoms with E-state index in [2.05, 4.69) is 5.32 Å². The molecule has 0 bridgehead atoms. The van der Waals surface area contributed by atoms with Crippen LogP contribution in [0.1, 0.15) is 37.7 Å². The van der Waals surface area contributed by atoms with Crippen molar-refractivity contribution >= 4 is 18.0 Å². The number of carbonyl (C=O) groups excluding carboxylic acids is 3. The van der Waals surface area contributed by atoms with Crippen molar-refractivity contribution in [2.75, 3.05) is 13.1 Å². The molecule has 1 aromatic rings. The first kappa shape index (κ1) is 25.1. The van der Waals surface area contributed by atoms with Gasteiger partial charge in [-0.05, 0) is 18.4 Å². The van der Waals surface area contributed by atoms with Crippen LogP contribution in [0.2, 0.25) is 0 Å². The Labute approximate surface area is 207 Å². The van der Waals surface area contributed by atoms with Gasteiger partial charge in [0.25, 0.3) is 0 Å². The van der Waals surface area contributed by atoms with Crippen molar-refractivity contribution in [3.05, 3.63) is 35.9 Å². The maximum absolute atomic E-state index is 12.1. The zero-order valence-corrected chi connectivity index (χ0v) is 19.3. The van der Waals surface area contributed by atoms with Crippen molar-refractivity contribution in [2.45, 2.75) is 50.9 Å². The van der Waals surface area contributed by atoms with Crippen LogP contribution in [0.3, 0.4) is 0 Å². The summed E-state index contributed by atoms with van der Waals surface area (Å²) in [6.07, 6.45) is 0.877. The summed E-state index contributed by atoms with van der Waals surface area (Å²) in [6, 6.07) is 8.32. The second kappa shape index (κ2) is 13.3. The number of aliphatic carboxylic acids is 1. The third-order valence-corrected chi connectivity index (χ3v) is 4.42. The van der Waals surface area contributed by atoms with Crippen molar-refractivity contribution in [3.63, 3.8) is 0 Å². The number of nitrogens with one attached hydrogen (secondary N) is 1. The number of carboxylic acids is 1. The molecular formula is C19H25KN2O6. The maximum Gasteiger partial charge on any atom is 1.00 e. The van der Waals surface area contributed by atoms with Crippen LogP contribution in [-0.4, -0.2) is 53.2 Å². The minimum absolute atomic E-state index is 0. The first-order valence-electron chi connectivity index (χ1n) is 9.10. The Morgan fingerprint density at radius 3 is 2.57 bits per heavy atom. The minimum Gasteiger partial charge on any atom is -0.548 e. The van der Waals surface area contributed by atoms with Gasteiger partial charge in [0.15, 0.2) is 0 Å². The molecule has 1 aromatic carbocycles. The molecule has 148 valence electrons. The number of alkyl carbamates (subject to hydrolysis) is 1. The summed E-state index contributed by atoms with van der Waals surface area (Å²) in [5, 5.41) is 23.2. The Morgan fingerprint density at radius 2 is 1.89 bits per heavy atom. The molecule has 1 saturated heterocycles. The van der Waals surface area contributed by atoms with Crippen molar-refractivity contribution in [1.82, 2.24) is 10.2 Å². The van der Waals surface area contributed by atoms with Gasteiger partial charge in [-0.25, -0.2) is 4.79 Å². The maximum atomic E-state index is 12.1. The monoisotopic (exact) mass is 416 g/mol. The molecule has 0 unspecified atom stereocenters. The molecular weight excluding hydrogens is 391 g/mol. The summed E-state index contributed by atoms with van der Waals surface area (Å²) in [6.45, 7) is 0.681.